The number of hydrogen-bond acceptors (Lipinski definition) is 11. The van der Waals surface area contributed by atoms with E-state index in [1.54, 1.807) is 12.2 Å². The van der Waals surface area contributed by atoms with E-state index in [1.165, 1.54) is 57.8 Å². The molecule has 0 saturated carbocycles. The van der Waals surface area contributed by atoms with Crippen molar-refractivity contribution in [3.8, 4) is 0 Å². The minimum Gasteiger partial charge on any atom is -0.394 e. The van der Waals surface area contributed by atoms with E-state index in [0.717, 1.165) is 13.0 Å². The lowest BCUT2D eigenvalue weighted by Gasteiger charge is -2.09. The summed E-state index contributed by atoms with van der Waals surface area (Å²) in [7, 11) is 0. The van der Waals surface area contributed by atoms with E-state index in [9.17, 15) is 0 Å². The predicted octanol–water partition coefficient (Wildman–Crippen LogP) is 5.42. The Morgan fingerprint density at radius 3 is 0.872 bits per heavy atom. The largest absolute Gasteiger partial charge is 0.394 e. The Morgan fingerprint density at radius 1 is 0.340 bits per heavy atom. The number of aliphatic hydroxyl groups is 1. The van der Waals surface area contributed by atoms with Crippen molar-refractivity contribution in [2.24, 2.45) is 0 Å². The molecule has 0 bridgehead atoms. The highest BCUT2D eigenvalue weighted by atomic mass is 16.6. The summed E-state index contributed by atoms with van der Waals surface area (Å²) < 4.78 is 53.8. The van der Waals surface area contributed by atoms with Gasteiger partial charge in [-0.1, -0.05) is 76.9 Å². The predicted molar refractivity (Wildman–Crippen MR) is 188 cm³/mol. The molecular weight excluding hydrogens is 608 g/mol. The molecule has 282 valence electrons. The van der Waals surface area contributed by atoms with Gasteiger partial charge in [-0.3, -0.25) is 0 Å². The van der Waals surface area contributed by atoms with Gasteiger partial charge in [-0.05, 0) is 6.42 Å². The van der Waals surface area contributed by atoms with E-state index in [-0.39, 0.29) is 6.61 Å². The molecule has 0 aliphatic heterocycles. The van der Waals surface area contributed by atoms with Gasteiger partial charge in [0.05, 0.1) is 132 Å². The summed E-state index contributed by atoms with van der Waals surface area (Å²) in [5, 5.41) is 8.57. The molecule has 0 aromatic rings. The van der Waals surface area contributed by atoms with Crippen molar-refractivity contribution < 1.29 is 52.5 Å². The Kier molecular flexibility index (Phi) is 50.6. The lowest BCUT2D eigenvalue weighted by atomic mass is 10.1. The quantitative estimate of drug-likeness (QED) is 0.0660. The summed E-state index contributed by atoms with van der Waals surface area (Å²) in [6.07, 6.45) is 16.9. The molecule has 0 saturated heterocycles. The monoisotopic (exact) mass is 681 g/mol. The van der Waals surface area contributed by atoms with Crippen LogP contribution in [-0.2, 0) is 47.4 Å². The summed E-state index contributed by atoms with van der Waals surface area (Å²) in [4.78, 5) is 0. The third-order valence-electron chi connectivity index (χ3n) is 6.33. The minimum atomic E-state index is 0.0325. The Hall–Kier alpha value is -0.960. The van der Waals surface area contributed by atoms with Gasteiger partial charge in [0, 0.05) is 6.61 Å². The Labute approximate surface area is 287 Å². The summed E-state index contributed by atoms with van der Waals surface area (Å²) in [6.45, 7) is 20.3. The van der Waals surface area contributed by atoms with Crippen molar-refractivity contribution in [3.63, 3.8) is 0 Å². The number of rotatable bonds is 41. The number of aliphatic hydroxyl groups excluding tert-OH is 1. The molecule has 0 heterocycles. The fraction of sp³-hybridized carbons (Fsp3) is 0.889. The van der Waals surface area contributed by atoms with Crippen molar-refractivity contribution in [1.82, 2.24) is 0 Å². The normalized spacial score (nSPS) is 11.0. The van der Waals surface area contributed by atoms with E-state index in [2.05, 4.69) is 20.1 Å². The van der Waals surface area contributed by atoms with Gasteiger partial charge in [0.1, 0.15) is 0 Å². The molecule has 11 heteroatoms. The highest BCUT2D eigenvalue weighted by Gasteiger charge is 1.96. The van der Waals surface area contributed by atoms with Gasteiger partial charge in [-0.15, -0.1) is 13.2 Å². The van der Waals surface area contributed by atoms with Gasteiger partial charge in [0.2, 0.25) is 0 Å². The first kappa shape index (κ1) is 48.2. The van der Waals surface area contributed by atoms with Crippen LogP contribution >= 0.6 is 0 Å². The maximum Gasteiger partial charge on any atom is 0.0701 e. The molecule has 0 radical (unpaired) electrons. The van der Waals surface area contributed by atoms with Gasteiger partial charge >= 0.3 is 0 Å². The molecule has 47 heavy (non-hydrogen) atoms. The summed E-state index contributed by atoms with van der Waals surface area (Å²) in [5.74, 6) is 0. The van der Waals surface area contributed by atoms with Crippen molar-refractivity contribution in [1.29, 1.82) is 0 Å². The Morgan fingerprint density at radius 2 is 0.596 bits per heavy atom. The smallest absolute Gasteiger partial charge is 0.0701 e. The van der Waals surface area contributed by atoms with Crippen LogP contribution in [0.1, 0.15) is 71.1 Å². The molecule has 11 nitrogen and oxygen atoms in total. The van der Waals surface area contributed by atoms with Crippen LogP contribution in [0, 0.1) is 0 Å². The molecule has 0 spiro atoms. The van der Waals surface area contributed by atoms with Crippen molar-refractivity contribution in [2.75, 3.05) is 139 Å². The Bertz CT molecular complexity index is 509. The van der Waals surface area contributed by atoms with Gasteiger partial charge in [-0.2, -0.15) is 0 Å². The maximum absolute atomic E-state index is 8.57. The molecule has 0 rings (SSSR count). The number of hydrogen-bond donors (Lipinski definition) is 1. The second-order valence-corrected chi connectivity index (χ2v) is 10.5. The van der Waals surface area contributed by atoms with Gasteiger partial charge in [-0.25, -0.2) is 0 Å². The van der Waals surface area contributed by atoms with Crippen LogP contribution in [0.25, 0.3) is 0 Å². The molecule has 0 aliphatic carbocycles. The molecule has 0 atom stereocenters. The van der Waals surface area contributed by atoms with E-state index in [1.807, 2.05) is 0 Å². The van der Waals surface area contributed by atoms with E-state index in [0.29, 0.717) is 126 Å². The van der Waals surface area contributed by atoms with Crippen molar-refractivity contribution >= 4 is 0 Å². The second-order valence-electron chi connectivity index (χ2n) is 10.5. The molecule has 0 amide bonds. The van der Waals surface area contributed by atoms with E-state index in [4.69, 9.17) is 52.5 Å². The fourth-order valence-electron chi connectivity index (χ4n) is 3.85. The average Bonchev–Trinajstić information content (AvgIpc) is 3.08. The zero-order valence-electron chi connectivity index (χ0n) is 30.0. The second kappa shape index (κ2) is 49.4. The minimum absolute atomic E-state index is 0.0325. The van der Waals surface area contributed by atoms with Crippen LogP contribution in [0.4, 0.5) is 0 Å². The molecule has 0 aliphatic rings. The van der Waals surface area contributed by atoms with Gasteiger partial charge in [0.25, 0.3) is 0 Å². The first-order chi connectivity index (χ1) is 23.3. The Balaban J connectivity index is 0. The average molecular weight is 681 g/mol. The van der Waals surface area contributed by atoms with Gasteiger partial charge in [0.15, 0.2) is 0 Å². The topological polar surface area (TPSA) is 113 Å². The SMILES string of the molecule is C=CCOCC=C.CCCCCCCCCCCCOCCOCCOCCOCCOCCOCCOCCOCCOCCO. The van der Waals surface area contributed by atoms with Crippen LogP contribution in [0.15, 0.2) is 25.3 Å². The molecule has 0 aromatic heterocycles. The van der Waals surface area contributed by atoms with E-state index >= 15 is 0 Å². The highest BCUT2D eigenvalue weighted by molar-refractivity contribution is 4.68. The van der Waals surface area contributed by atoms with E-state index < -0.39 is 0 Å². The standard InChI is InChI=1S/C30H62O10.C6H10O/c1-2-3-4-5-6-7-8-9-10-11-13-32-15-17-34-19-21-36-23-25-38-27-29-40-30-28-39-26-24-37-22-20-35-18-16-33-14-12-31;1-3-5-7-6-4-2/h31H,2-30H2,1H3;3-4H,1-2,5-6H2. The number of ether oxygens (including phenoxy) is 10. The lowest BCUT2D eigenvalue weighted by molar-refractivity contribution is -0.0255. The summed E-state index contributed by atoms with van der Waals surface area (Å²) in [5.41, 5.74) is 0. The third kappa shape index (κ3) is 52.0. The van der Waals surface area contributed by atoms with Crippen LogP contribution in [0.5, 0.6) is 0 Å². The first-order valence-corrected chi connectivity index (χ1v) is 17.9. The molecule has 0 unspecified atom stereocenters. The zero-order valence-corrected chi connectivity index (χ0v) is 30.0. The third-order valence-corrected chi connectivity index (χ3v) is 6.33. The lowest BCUT2D eigenvalue weighted by Crippen LogP contribution is -2.15. The van der Waals surface area contributed by atoms with Crippen LogP contribution < -0.4 is 0 Å². The molecule has 0 aromatic carbocycles. The maximum atomic E-state index is 8.57. The summed E-state index contributed by atoms with van der Waals surface area (Å²) in [6, 6.07) is 0. The summed E-state index contributed by atoms with van der Waals surface area (Å²) >= 11 is 0. The first-order valence-electron chi connectivity index (χ1n) is 17.9. The van der Waals surface area contributed by atoms with Crippen LogP contribution in [0.2, 0.25) is 0 Å². The molecule has 1 N–H and O–H groups in total. The fourth-order valence-corrected chi connectivity index (χ4v) is 3.85. The van der Waals surface area contributed by atoms with Crippen molar-refractivity contribution in [3.05, 3.63) is 25.3 Å². The highest BCUT2D eigenvalue weighted by Crippen LogP contribution is 2.10. The van der Waals surface area contributed by atoms with Crippen molar-refractivity contribution in [2.45, 2.75) is 71.1 Å². The molecular formula is C36H72O11. The van der Waals surface area contributed by atoms with Crippen LogP contribution in [0.3, 0.4) is 0 Å². The molecule has 0 fully saturated rings. The van der Waals surface area contributed by atoms with Gasteiger partial charge < -0.3 is 52.5 Å². The zero-order chi connectivity index (χ0) is 34.4. The van der Waals surface area contributed by atoms with Crippen LogP contribution in [-0.4, -0.2) is 144 Å². The number of unbranched alkanes of at least 4 members (excludes halogenated alkanes) is 9.